The van der Waals surface area contributed by atoms with Crippen molar-refractivity contribution in [3.8, 4) is 11.3 Å². The van der Waals surface area contributed by atoms with Crippen LogP contribution >= 0.6 is 0 Å². The number of rotatable bonds is 2. The maximum Gasteiger partial charge on any atom is 0.266 e. The highest BCUT2D eigenvalue weighted by Gasteiger charge is 2.38. The largest absolute Gasteiger partial charge is 0.268 e. The fraction of sp³-hybridized carbons (Fsp3) is 0.0556. The number of amides is 2. The summed E-state index contributed by atoms with van der Waals surface area (Å²) >= 11 is 0. The minimum Gasteiger partial charge on any atom is -0.268 e. The molecule has 1 aromatic heterocycles. The molecule has 0 aliphatic carbocycles. The van der Waals surface area contributed by atoms with Gasteiger partial charge >= 0.3 is 0 Å². The fourth-order valence-electron chi connectivity index (χ4n) is 2.93. The number of benzene rings is 2. The molecule has 0 saturated carbocycles. The molecule has 0 spiro atoms. The van der Waals surface area contributed by atoms with Gasteiger partial charge in [0.05, 0.1) is 28.7 Å². The van der Waals surface area contributed by atoms with E-state index in [4.69, 9.17) is 0 Å². The van der Waals surface area contributed by atoms with Crippen molar-refractivity contribution in [3.63, 3.8) is 0 Å². The Hall–Kier alpha value is -3.21. The second kappa shape index (κ2) is 4.91. The van der Waals surface area contributed by atoms with Crippen molar-refractivity contribution in [3.05, 3.63) is 71.9 Å². The minimum atomic E-state index is -0.309. The molecule has 1 aliphatic rings. The summed E-state index contributed by atoms with van der Waals surface area (Å²) in [5.41, 5.74) is 3.00. The highest BCUT2D eigenvalue weighted by molar-refractivity contribution is 6.35. The van der Waals surface area contributed by atoms with E-state index in [1.165, 1.54) is 4.90 Å². The van der Waals surface area contributed by atoms with E-state index in [-0.39, 0.29) is 11.8 Å². The molecule has 23 heavy (non-hydrogen) atoms. The van der Waals surface area contributed by atoms with Gasteiger partial charge in [0.1, 0.15) is 0 Å². The smallest absolute Gasteiger partial charge is 0.266 e. The van der Waals surface area contributed by atoms with Gasteiger partial charge in [-0.1, -0.05) is 42.5 Å². The summed E-state index contributed by atoms with van der Waals surface area (Å²) in [6.07, 6.45) is 1.56. The molecule has 1 aliphatic heterocycles. The number of nitrogens with zero attached hydrogens (tertiary/aromatic N) is 3. The Kier molecular flexibility index (Phi) is 2.87. The summed E-state index contributed by atoms with van der Waals surface area (Å²) in [7, 11) is 1.80. The summed E-state index contributed by atoms with van der Waals surface area (Å²) in [6, 6.07) is 16.5. The van der Waals surface area contributed by atoms with Crippen molar-refractivity contribution < 1.29 is 9.59 Å². The lowest BCUT2D eigenvalue weighted by atomic mass is 10.1. The fourth-order valence-corrected chi connectivity index (χ4v) is 2.93. The topological polar surface area (TPSA) is 55.2 Å². The standard InChI is InChI=1S/C18H13N3O2/c1-20-16(12-7-3-2-4-8-12)15(11-19-20)21-17(22)13-9-5-6-10-14(13)18(21)23/h2-11H,1H3. The summed E-state index contributed by atoms with van der Waals surface area (Å²) in [5, 5.41) is 4.24. The summed E-state index contributed by atoms with van der Waals surface area (Å²) < 4.78 is 1.67. The van der Waals surface area contributed by atoms with E-state index in [1.807, 2.05) is 30.3 Å². The maximum absolute atomic E-state index is 12.7. The van der Waals surface area contributed by atoms with Crippen LogP contribution in [0.1, 0.15) is 20.7 Å². The molecular formula is C18H13N3O2. The third kappa shape index (κ3) is 1.90. The molecule has 2 aromatic carbocycles. The predicted molar refractivity (Wildman–Crippen MR) is 86.2 cm³/mol. The van der Waals surface area contributed by atoms with Crippen LogP contribution in [0, 0.1) is 0 Å². The Morgan fingerprint density at radius 2 is 1.39 bits per heavy atom. The van der Waals surface area contributed by atoms with Crippen LogP contribution in [0.25, 0.3) is 11.3 Å². The normalized spacial score (nSPS) is 13.5. The number of hydrogen-bond acceptors (Lipinski definition) is 3. The third-order valence-corrected chi connectivity index (χ3v) is 4.00. The molecule has 0 bridgehead atoms. The molecular weight excluding hydrogens is 290 g/mol. The number of fused-ring (bicyclic) bond motifs is 1. The van der Waals surface area contributed by atoms with E-state index < -0.39 is 0 Å². The van der Waals surface area contributed by atoms with Crippen molar-refractivity contribution in [2.75, 3.05) is 4.90 Å². The predicted octanol–water partition coefficient (Wildman–Crippen LogP) is 2.89. The van der Waals surface area contributed by atoms with E-state index in [1.54, 1.807) is 42.2 Å². The Morgan fingerprint density at radius 1 is 0.826 bits per heavy atom. The maximum atomic E-state index is 12.7. The van der Waals surface area contributed by atoms with Gasteiger partial charge in [-0.3, -0.25) is 14.3 Å². The Bertz CT molecular complexity index is 893. The van der Waals surface area contributed by atoms with Crippen LogP contribution in [0.5, 0.6) is 0 Å². The number of carbonyl (C=O) groups excluding carboxylic acids is 2. The van der Waals surface area contributed by atoms with Gasteiger partial charge in [0, 0.05) is 12.6 Å². The molecule has 5 nitrogen and oxygen atoms in total. The summed E-state index contributed by atoms with van der Waals surface area (Å²) in [4.78, 5) is 26.5. The van der Waals surface area contributed by atoms with Crippen LogP contribution in [-0.4, -0.2) is 21.6 Å². The lowest BCUT2D eigenvalue weighted by Gasteiger charge is -2.15. The van der Waals surface area contributed by atoms with E-state index in [0.717, 1.165) is 11.3 Å². The number of aromatic nitrogens is 2. The zero-order valence-electron chi connectivity index (χ0n) is 12.4. The van der Waals surface area contributed by atoms with Crippen LogP contribution in [0.3, 0.4) is 0 Å². The molecule has 5 heteroatoms. The lowest BCUT2D eigenvalue weighted by molar-refractivity contribution is 0.0926. The van der Waals surface area contributed by atoms with Gasteiger partial charge in [-0.2, -0.15) is 5.10 Å². The van der Waals surface area contributed by atoms with E-state index in [0.29, 0.717) is 16.8 Å². The van der Waals surface area contributed by atoms with Crippen molar-refractivity contribution in [1.29, 1.82) is 0 Å². The Labute approximate surface area is 132 Å². The first kappa shape index (κ1) is 13.5. The monoisotopic (exact) mass is 303 g/mol. The number of carbonyl (C=O) groups is 2. The van der Waals surface area contributed by atoms with E-state index in [2.05, 4.69) is 5.10 Å². The number of aryl methyl sites for hydroxylation is 1. The molecule has 0 atom stereocenters. The molecule has 2 heterocycles. The first-order valence-corrected chi connectivity index (χ1v) is 7.23. The van der Waals surface area contributed by atoms with Crippen LogP contribution < -0.4 is 4.90 Å². The number of hydrogen-bond donors (Lipinski definition) is 0. The molecule has 0 unspecified atom stereocenters. The first-order chi connectivity index (χ1) is 11.2. The van der Waals surface area contributed by atoms with Gasteiger partial charge in [-0.05, 0) is 12.1 Å². The molecule has 0 fully saturated rings. The van der Waals surface area contributed by atoms with Crippen LogP contribution in [-0.2, 0) is 7.05 Å². The molecule has 0 saturated heterocycles. The molecule has 4 rings (SSSR count). The average molecular weight is 303 g/mol. The number of imide groups is 1. The van der Waals surface area contributed by atoms with Gasteiger partial charge in [0.2, 0.25) is 0 Å². The second-order valence-corrected chi connectivity index (χ2v) is 5.36. The highest BCUT2D eigenvalue weighted by Crippen LogP contribution is 2.35. The van der Waals surface area contributed by atoms with Gasteiger partial charge in [-0.15, -0.1) is 0 Å². The van der Waals surface area contributed by atoms with Crippen molar-refractivity contribution in [1.82, 2.24) is 9.78 Å². The minimum absolute atomic E-state index is 0.309. The van der Waals surface area contributed by atoms with Gasteiger partial charge < -0.3 is 0 Å². The third-order valence-electron chi connectivity index (χ3n) is 4.00. The van der Waals surface area contributed by atoms with Gasteiger partial charge in [-0.25, -0.2) is 4.90 Å². The highest BCUT2D eigenvalue weighted by atomic mass is 16.2. The Morgan fingerprint density at radius 3 is 2.00 bits per heavy atom. The molecule has 3 aromatic rings. The van der Waals surface area contributed by atoms with Gasteiger partial charge in [0.15, 0.2) is 0 Å². The molecule has 112 valence electrons. The van der Waals surface area contributed by atoms with Crippen molar-refractivity contribution in [2.45, 2.75) is 0 Å². The van der Waals surface area contributed by atoms with E-state index in [9.17, 15) is 9.59 Å². The van der Waals surface area contributed by atoms with Gasteiger partial charge in [0.25, 0.3) is 11.8 Å². The Balaban J connectivity index is 1.88. The SMILES string of the molecule is Cn1ncc(N2C(=O)c3ccccc3C2=O)c1-c1ccccc1. The number of anilines is 1. The first-order valence-electron chi connectivity index (χ1n) is 7.23. The molecule has 2 amide bonds. The second-order valence-electron chi connectivity index (χ2n) is 5.36. The molecule has 0 radical (unpaired) electrons. The van der Waals surface area contributed by atoms with Crippen molar-refractivity contribution >= 4 is 17.5 Å². The van der Waals surface area contributed by atoms with Crippen LogP contribution in [0.4, 0.5) is 5.69 Å². The van der Waals surface area contributed by atoms with E-state index >= 15 is 0 Å². The molecule has 0 N–H and O–H groups in total. The lowest BCUT2D eigenvalue weighted by Crippen LogP contribution is -2.29. The summed E-state index contributed by atoms with van der Waals surface area (Å²) in [5.74, 6) is -0.619. The zero-order chi connectivity index (χ0) is 16.0. The van der Waals surface area contributed by atoms with Crippen LogP contribution in [0.2, 0.25) is 0 Å². The average Bonchev–Trinajstić information content (AvgIpc) is 3.07. The van der Waals surface area contributed by atoms with Crippen LogP contribution in [0.15, 0.2) is 60.8 Å². The quantitative estimate of drug-likeness (QED) is 0.684. The summed E-state index contributed by atoms with van der Waals surface area (Å²) in [6.45, 7) is 0. The van der Waals surface area contributed by atoms with Crippen molar-refractivity contribution in [2.24, 2.45) is 7.05 Å². The zero-order valence-corrected chi connectivity index (χ0v) is 12.4.